The van der Waals surface area contributed by atoms with Gasteiger partial charge >= 0.3 is 0 Å². The first-order valence-electron chi connectivity index (χ1n) is 5.31. The van der Waals surface area contributed by atoms with Crippen LogP contribution in [0.2, 0.25) is 10.0 Å². The van der Waals surface area contributed by atoms with Gasteiger partial charge in [-0.1, -0.05) is 23.2 Å². The first-order valence-corrected chi connectivity index (χ1v) is 6.07. The van der Waals surface area contributed by atoms with E-state index in [1.54, 1.807) is 13.1 Å². The van der Waals surface area contributed by atoms with Crippen molar-refractivity contribution in [1.29, 1.82) is 0 Å². The van der Waals surface area contributed by atoms with Gasteiger partial charge in [0, 0.05) is 19.6 Å². The highest BCUT2D eigenvalue weighted by atomic mass is 35.5. The summed E-state index contributed by atoms with van der Waals surface area (Å²) in [7, 11) is 1.79. The van der Waals surface area contributed by atoms with Crippen molar-refractivity contribution < 1.29 is 0 Å². The second-order valence-corrected chi connectivity index (χ2v) is 4.57. The van der Waals surface area contributed by atoms with Crippen LogP contribution in [0, 0.1) is 0 Å². The summed E-state index contributed by atoms with van der Waals surface area (Å²) < 4.78 is 0. The Labute approximate surface area is 107 Å². The highest BCUT2D eigenvalue weighted by Gasteiger charge is 2.16. The van der Waals surface area contributed by atoms with E-state index in [4.69, 9.17) is 23.2 Å². The SMILES string of the molecule is CCN(c1nc(NC)c(Cl)cc1Cl)C(C)C. The molecular weight excluding hydrogens is 245 g/mol. The summed E-state index contributed by atoms with van der Waals surface area (Å²) in [6, 6.07) is 2.07. The summed E-state index contributed by atoms with van der Waals surface area (Å²) in [5.74, 6) is 1.42. The van der Waals surface area contributed by atoms with Crippen molar-refractivity contribution in [3.8, 4) is 0 Å². The molecule has 1 rings (SSSR count). The summed E-state index contributed by atoms with van der Waals surface area (Å²) in [5, 5.41) is 4.07. The number of hydrogen-bond acceptors (Lipinski definition) is 3. The summed E-state index contributed by atoms with van der Waals surface area (Å²) in [6.07, 6.45) is 0. The molecule has 0 aliphatic rings. The van der Waals surface area contributed by atoms with Crippen LogP contribution in [0.25, 0.3) is 0 Å². The fourth-order valence-corrected chi connectivity index (χ4v) is 2.15. The van der Waals surface area contributed by atoms with Crippen LogP contribution in [0.1, 0.15) is 20.8 Å². The van der Waals surface area contributed by atoms with E-state index in [2.05, 4.69) is 36.0 Å². The lowest BCUT2D eigenvalue weighted by Gasteiger charge is -2.27. The average Bonchev–Trinajstić information content (AvgIpc) is 2.21. The van der Waals surface area contributed by atoms with Gasteiger partial charge < -0.3 is 10.2 Å². The maximum atomic E-state index is 6.16. The van der Waals surface area contributed by atoms with E-state index in [-0.39, 0.29) is 0 Å². The van der Waals surface area contributed by atoms with E-state index in [9.17, 15) is 0 Å². The summed E-state index contributed by atoms with van der Waals surface area (Å²) in [6.45, 7) is 7.14. The zero-order chi connectivity index (χ0) is 12.3. The Morgan fingerprint density at radius 2 is 2.00 bits per heavy atom. The number of nitrogens with one attached hydrogen (secondary N) is 1. The summed E-state index contributed by atoms with van der Waals surface area (Å²) in [4.78, 5) is 6.56. The van der Waals surface area contributed by atoms with E-state index in [1.165, 1.54) is 0 Å². The minimum absolute atomic E-state index is 0.348. The van der Waals surface area contributed by atoms with Crippen molar-refractivity contribution in [1.82, 2.24) is 4.98 Å². The van der Waals surface area contributed by atoms with E-state index in [1.807, 2.05) is 0 Å². The first-order chi connectivity index (χ1) is 7.51. The zero-order valence-corrected chi connectivity index (χ0v) is 11.5. The molecular formula is C11H17Cl2N3. The molecule has 1 N–H and O–H groups in total. The highest BCUT2D eigenvalue weighted by molar-refractivity contribution is 6.37. The van der Waals surface area contributed by atoms with Crippen LogP contribution in [-0.2, 0) is 0 Å². The molecule has 0 aromatic carbocycles. The number of hydrogen-bond donors (Lipinski definition) is 1. The van der Waals surface area contributed by atoms with Gasteiger partial charge in [-0.3, -0.25) is 0 Å². The van der Waals surface area contributed by atoms with Gasteiger partial charge in [-0.05, 0) is 26.8 Å². The lowest BCUT2D eigenvalue weighted by molar-refractivity contribution is 0.694. The molecule has 1 heterocycles. The van der Waals surface area contributed by atoms with Crippen molar-refractivity contribution >= 4 is 34.8 Å². The molecule has 16 heavy (non-hydrogen) atoms. The van der Waals surface area contributed by atoms with E-state index < -0.39 is 0 Å². The molecule has 1 aromatic rings. The average molecular weight is 262 g/mol. The molecule has 0 amide bonds. The van der Waals surface area contributed by atoms with E-state index >= 15 is 0 Å². The smallest absolute Gasteiger partial charge is 0.150 e. The van der Waals surface area contributed by atoms with Gasteiger partial charge in [-0.2, -0.15) is 0 Å². The summed E-state index contributed by atoms with van der Waals surface area (Å²) >= 11 is 12.2. The van der Waals surface area contributed by atoms with Crippen molar-refractivity contribution in [3.05, 3.63) is 16.1 Å². The second-order valence-electron chi connectivity index (χ2n) is 3.75. The number of rotatable bonds is 4. The third-order valence-electron chi connectivity index (χ3n) is 2.38. The Morgan fingerprint density at radius 3 is 2.44 bits per heavy atom. The van der Waals surface area contributed by atoms with Crippen LogP contribution in [-0.4, -0.2) is 24.6 Å². The monoisotopic (exact) mass is 261 g/mol. The Balaban J connectivity index is 3.21. The quantitative estimate of drug-likeness (QED) is 0.897. The topological polar surface area (TPSA) is 28.2 Å². The van der Waals surface area contributed by atoms with Gasteiger partial charge in [0.25, 0.3) is 0 Å². The number of halogens is 2. The molecule has 0 fully saturated rings. The minimum atomic E-state index is 0.348. The third-order valence-corrected chi connectivity index (χ3v) is 2.95. The Bertz CT molecular complexity index is 366. The lowest BCUT2D eigenvalue weighted by Crippen LogP contribution is -2.31. The number of anilines is 2. The molecule has 0 radical (unpaired) electrons. The Hall–Kier alpha value is -0.670. The maximum absolute atomic E-state index is 6.16. The van der Waals surface area contributed by atoms with Gasteiger partial charge in [-0.25, -0.2) is 4.98 Å². The minimum Gasteiger partial charge on any atom is -0.372 e. The predicted octanol–water partition coefficient (Wildman–Crippen LogP) is 3.66. The zero-order valence-electron chi connectivity index (χ0n) is 10.0. The van der Waals surface area contributed by atoms with Gasteiger partial charge in [0.2, 0.25) is 0 Å². The van der Waals surface area contributed by atoms with Crippen molar-refractivity contribution in [2.45, 2.75) is 26.8 Å². The van der Waals surface area contributed by atoms with Crippen LogP contribution < -0.4 is 10.2 Å². The maximum Gasteiger partial charge on any atom is 0.150 e. The molecule has 0 unspecified atom stereocenters. The van der Waals surface area contributed by atoms with Crippen LogP contribution in [0.3, 0.4) is 0 Å². The Morgan fingerprint density at radius 1 is 1.38 bits per heavy atom. The molecule has 0 spiro atoms. The molecule has 90 valence electrons. The third kappa shape index (κ3) is 2.71. The number of nitrogens with zero attached hydrogens (tertiary/aromatic N) is 2. The van der Waals surface area contributed by atoms with Gasteiger partial charge in [0.15, 0.2) is 0 Å². The van der Waals surface area contributed by atoms with Crippen molar-refractivity contribution in [2.75, 3.05) is 23.8 Å². The first kappa shape index (κ1) is 13.4. The van der Waals surface area contributed by atoms with Crippen LogP contribution >= 0.6 is 23.2 Å². The molecule has 0 aliphatic carbocycles. The molecule has 0 atom stereocenters. The fourth-order valence-electron chi connectivity index (χ4n) is 1.59. The van der Waals surface area contributed by atoms with Gasteiger partial charge in [0.1, 0.15) is 11.6 Å². The van der Waals surface area contributed by atoms with E-state index in [0.29, 0.717) is 21.9 Å². The number of pyridine rings is 1. The largest absolute Gasteiger partial charge is 0.372 e. The molecule has 5 heteroatoms. The van der Waals surface area contributed by atoms with Gasteiger partial charge in [0.05, 0.1) is 10.0 Å². The van der Waals surface area contributed by atoms with Crippen molar-refractivity contribution in [2.24, 2.45) is 0 Å². The predicted molar refractivity (Wildman–Crippen MR) is 72.0 cm³/mol. The molecule has 0 saturated heterocycles. The second kappa shape index (κ2) is 5.60. The van der Waals surface area contributed by atoms with Crippen LogP contribution in [0.4, 0.5) is 11.6 Å². The lowest BCUT2D eigenvalue weighted by atomic mass is 10.3. The van der Waals surface area contributed by atoms with Gasteiger partial charge in [-0.15, -0.1) is 0 Å². The normalized spacial score (nSPS) is 10.7. The number of aromatic nitrogens is 1. The van der Waals surface area contributed by atoms with E-state index in [0.717, 1.165) is 12.4 Å². The molecule has 0 bridgehead atoms. The van der Waals surface area contributed by atoms with Crippen LogP contribution in [0.5, 0.6) is 0 Å². The fraction of sp³-hybridized carbons (Fsp3) is 0.545. The summed E-state index contributed by atoms with van der Waals surface area (Å²) in [5.41, 5.74) is 0. The Kier molecular flexibility index (Phi) is 4.69. The van der Waals surface area contributed by atoms with Crippen molar-refractivity contribution in [3.63, 3.8) is 0 Å². The molecule has 0 saturated carbocycles. The molecule has 0 aliphatic heterocycles. The standard InChI is InChI=1S/C11H17Cl2N3/c1-5-16(7(2)3)11-9(13)6-8(12)10(14-4)15-11/h6-7H,5H2,1-4H3,(H,14,15). The molecule has 3 nitrogen and oxygen atoms in total. The molecule has 1 aromatic heterocycles. The van der Waals surface area contributed by atoms with Crippen LogP contribution in [0.15, 0.2) is 6.07 Å². The highest BCUT2D eigenvalue weighted by Crippen LogP contribution is 2.31.